The van der Waals surface area contributed by atoms with Gasteiger partial charge in [-0.1, -0.05) is 19.9 Å². The first-order valence-corrected chi connectivity index (χ1v) is 11.0. The minimum atomic E-state index is 0.0722. The van der Waals surface area contributed by atoms with Gasteiger partial charge in [0.15, 0.2) is 5.65 Å². The molecule has 1 aliphatic heterocycles. The van der Waals surface area contributed by atoms with Crippen molar-refractivity contribution in [2.75, 3.05) is 20.2 Å². The van der Waals surface area contributed by atoms with Gasteiger partial charge in [0.25, 0.3) is 0 Å². The first-order chi connectivity index (χ1) is 14.7. The van der Waals surface area contributed by atoms with Crippen molar-refractivity contribution in [2.45, 2.75) is 52.2 Å². The molecular weight excluding hydrogens is 386 g/mol. The highest BCUT2D eigenvalue weighted by Gasteiger charge is 2.33. The Bertz CT molecular complexity index is 1270. The number of H-pyrrole nitrogens is 1. The van der Waals surface area contributed by atoms with Gasteiger partial charge in [-0.3, -0.25) is 4.90 Å². The standard InChI is InChI=1S/C25H31N5O/c1-15(2)22-19-10-17(21-12-29(6)25(4,5)13-31-21)7-8-20(19)28-23(22)18-9-16(3)24-26-14-27-30(24)11-18/h7-11,14-15,21,28H,12-13H2,1-6H3/t21-/m0/s1. The molecule has 1 aliphatic rings. The van der Waals surface area contributed by atoms with E-state index in [1.165, 1.54) is 16.5 Å². The normalized spacial score (nSPS) is 19.6. The minimum absolute atomic E-state index is 0.0722. The Kier molecular flexibility index (Phi) is 4.68. The molecule has 1 aromatic carbocycles. The Morgan fingerprint density at radius 1 is 1.23 bits per heavy atom. The number of fused-ring (bicyclic) bond motifs is 2. The van der Waals surface area contributed by atoms with E-state index in [9.17, 15) is 0 Å². The number of aromatic nitrogens is 4. The van der Waals surface area contributed by atoms with E-state index in [2.05, 4.69) is 92.1 Å². The van der Waals surface area contributed by atoms with E-state index in [1.807, 2.05) is 4.52 Å². The summed E-state index contributed by atoms with van der Waals surface area (Å²) in [4.78, 5) is 10.4. The van der Waals surface area contributed by atoms with E-state index < -0.39 is 0 Å². The van der Waals surface area contributed by atoms with Crippen LogP contribution in [-0.2, 0) is 4.74 Å². The summed E-state index contributed by atoms with van der Waals surface area (Å²) in [6.45, 7) is 12.7. The smallest absolute Gasteiger partial charge is 0.158 e. The van der Waals surface area contributed by atoms with E-state index in [-0.39, 0.29) is 11.6 Å². The third kappa shape index (κ3) is 3.34. The first kappa shape index (κ1) is 20.2. The number of nitrogens with one attached hydrogen (secondary N) is 1. The summed E-state index contributed by atoms with van der Waals surface area (Å²) in [5.41, 5.74) is 8.11. The Morgan fingerprint density at radius 3 is 2.77 bits per heavy atom. The molecule has 0 bridgehead atoms. The number of aromatic amines is 1. The molecule has 0 saturated carbocycles. The molecule has 1 atom stereocenters. The number of benzene rings is 1. The maximum Gasteiger partial charge on any atom is 0.158 e. The summed E-state index contributed by atoms with van der Waals surface area (Å²) in [6.07, 6.45) is 3.76. The number of nitrogens with zero attached hydrogens (tertiary/aromatic N) is 4. The van der Waals surface area contributed by atoms with Crippen molar-refractivity contribution in [3.8, 4) is 11.3 Å². The molecule has 1 fully saturated rings. The largest absolute Gasteiger partial charge is 0.370 e. The van der Waals surface area contributed by atoms with Crippen molar-refractivity contribution in [1.29, 1.82) is 0 Å². The highest BCUT2D eigenvalue weighted by atomic mass is 16.5. The number of aryl methyl sites for hydroxylation is 1. The van der Waals surface area contributed by atoms with Gasteiger partial charge >= 0.3 is 0 Å². The van der Waals surface area contributed by atoms with Crippen molar-refractivity contribution in [2.24, 2.45) is 0 Å². The molecule has 6 nitrogen and oxygen atoms in total. The lowest BCUT2D eigenvalue weighted by Crippen LogP contribution is -2.51. The summed E-state index contributed by atoms with van der Waals surface area (Å²) in [5.74, 6) is 0.375. The van der Waals surface area contributed by atoms with Crippen LogP contribution in [0.25, 0.3) is 27.8 Å². The maximum absolute atomic E-state index is 6.28. The summed E-state index contributed by atoms with van der Waals surface area (Å²) in [5, 5.41) is 5.63. The van der Waals surface area contributed by atoms with Crippen LogP contribution < -0.4 is 0 Å². The SMILES string of the molecule is Cc1cc(-c2[nH]c3ccc([C@@H]4CN(C)C(C)(C)CO4)cc3c2C(C)C)cn2ncnc12. The number of morpholine rings is 1. The molecule has 5 rings (SSSR count). The Morgan fingerprint density at radius 2 is 2.03 bits per heavy atom. The Labute approximate surface area is 183 Å². The zero-order valence-corrected chi connectivity index (χ0v) is 19.2. The first-order valence-electron chi connectivity index (χ1n) is 11.0. The molecule has 0 aliphatic carbocycles. The van der Waals surface area contributed by atoms with Crippen LogP contribution >= 0.6 is 0 Å². The van der Waals surface area contributed by atoms with Gasteiger partial charge in [0, 0.05) is 34.7 Å². The van der Waals surface area contributed by atoms with Crippen LogP contribution in [0.4, 0.5) is 0 Å². The minimum Gasteiger partial charge on any atom is -0.370 e. The lowest BCUT2D eigenvalue weighted by Gasteiger charge is -2.43. The summed E-state index contributed by atoms with van der Waals surface area (Å²) >= 11 is 0. The lowest BCUT2D eigenvalue weighted by molar-refractivity contribution is -0.0897. The molecule has 0 unspecified atom stereocenters. The number of hydrogen-bond acceptors (Lipinski definition) is 4. The third-order valence-corrected chi connectivity index (χ3v) is 6.77. The molecule has 3 aromatic heterocycles. The zero-order valence-electron chi connectivity index (χ0n) is 19.2. The molecule has 6 heteroatoms. The van der Waals surface area contributed by atoms with Crippen LogP contribution in [0.3, 0.4) is 0 Å². The zero-order chi connectivity index (χ0) is 21.9. The van der Waals surface area contributed by atoms with Crippen LogP contribution in [0.2, 0.25) is 0 Å². The third-order valence-electron chi connectivity index (χ3n) is 6.77. The second-order valence-corrected chi connectivity index (χ2v) is 9.81. The molecule has 0 radical (unpaired) electrons. The predicted molar refractivity (Wildman–Crippen MR) is 125 cm³/mol. The average molecular weight is 418 g/mol. The van der Waals surface area contributed by atoms with Crippen LogP contribution in [0.1, 0.15) is 56.4 Å². The molecule has 1 N–H and O–H groups in total. The Balaban J connectivity index is 1.61. The summed E-state index contributed by atoms with van der Waals surface area (Å²) < 4.78 is 8.14. The lowest BCUT2D eigenvalue weighted by atomic mass is 9.94. The molecule has 0 amide bonds. The number of rotatable bonds is 3. The van der Waals surface area contributed by atoms with Gasteiger partial charge in [-0.05, 0) is 68.6 Å². The van der Waals surface area contributed by atoms with Gasteiger partial charge in [0.2, 0.25) is 0 Å². The van der Waals surface area contributed by atoms with Crippen molar-refractivity contribution in [1.82, 2.24) is 24.5 Å². The van der Waals surface area contributed by atoms with Gasteiger partial charge in [-0.2, -0.15) is 5.10 Å². The van der Waals surface area contributed by atoms with Gasteiger partial charge in [0.1, 0.15) is 6.33 Å². The highest BCUT2D eigenvalue weighted by Crippen LogP contribution is 2.38. The second-order valence-electron chi connectivity index (χ2n) is 9.81. The molecule has 4 aromatic rings. The fourth-order valence-electron chi connectivity index (χ4n) is 4.65. The summed E-state index contributed by atoms with van der Waals surface area (Å²) in [7, 11) is 2.19. The van der Waals surface area contributed by atoms with Gasteiger partial charge < -0.3 is 9.72 Å². The number of hydrogen-bond donors (Lipinski definition) is 1. The van der Waals surface area contributed by atoms with Crippen molar-refractivity contribution >= 4 is 16.6 Å². The van der Waals surface area contributed by atoms with Crippen molar-refractivity contribution < 1.29 is 4.74 Å². The number of ether oxygens (including phenoxy) is 1. The molecule has 1 saturated heterocycles. The van der Waals surface area contributed by atoms with E-state index >= 15 is 0 Å². The van der Waals surface area contributed by atoms with Gasteiger partial charge in [-0.25, -0.2) is 9.50 Å². The van der Waals surface area contributed by atoms with Crippen LogP contribution in [0.15, 0.2) is 36.8 Å². The molecule has 4 heterocycles. The van der Waals surface area contributed by atoms with E-state index in [0.29, 0.717) is 5.92 Å². The van der Waals surface area contributed by atoms with Crippen molar-refractivity contribution in [3.05, 3.63) is 53.5 Å². The topological polar surface area (TPSA) is 58.5 Å². The van der Waals surface area contributed by atoms with Crippen LogP contribution in [-0.4, -0.2) is 50.2 Å². The number of likely N-dealkylation sites (N-methyl/N-ethyl adjacent to an activating group) is 1. The molecule has 0 spiro atoms. The van der Waals surface area contributed by atoms with Crippen LogP contribution in [0.5, 0.6) is 0 Å². The second kappa shape index (κ2) is 7.18. The fourth-order valence-corrected chi connectivity index (χ4v) is 4.65. The molecule has 31 heavy (non-hydrogen) atoms. The quantitative estimate of drug-likeness (QED) is 0.504. The average Bonchev–Trinajstić information content (AvgIpc) is 3.34. The van der Waals surface area contributed by atoms with E-state index in [4.69, 9.17) is 4.74 Å². The maximum atomic E-state index is 6.28. The van der Waals surface area contributed by atoms with Gasteiger partial charge in [-0.15, -0.1) is 0 Å². The highest BCUT2D eigenvalue weighted by molar-refractivity contribution is 5.92. The monoisotopic (exact) mass is 417 g/mol. The van der Waals surface area contributed by atoms with Crippen molar-refractivity contribution in [3.63, 3.8) is 0 Å². The van der Waals surface area contributed by atoms with Gasteiger partial charge in [0.05, 0.1) is 18.4 Å². The predicted octanol–water partition coefficient (Wildman–Crippen LogP) is 5.09. The Hall–Kier alpha value is -2.70. The number of pyridine rings is 1. The fraction of sp³-hybridized carbons (Fsp3) is 0.440. The summed E-state index contributed by atoms with van der Waals surface area (Å²) in [6, 6.07) is 8.92. The molecular formula is C25H31N5O. The van der Waals surface area contributed by atoms with E-state index in [1.54, 1.807) is 6.33 Å². The van der Waals surface area contributed by atoms with E-state index in [0.717, 1.165) is 41.1 Å². The van der Waals surface area contributed by atoms with Crippen LogP contribution in [0, 0.1) is 6.92 Å². The molecule has 162 valence electrons.